The molecule has 1 aromatic rings. The zero-order chi connectivity index (χ0) is 13.0. The van der Waals surface area contributed by atoms with Crippen LogP contribution < -0.4 is 4.74 Å². The van der Waals surface area contributed by atoms with E-state index in [2.05, 4.69) is 30.9 Å². The Balaban J connectivity index is 2.10. The van der Waals surface area contributed by atoms with Crippen LogP contribution >= 0.6 is 0 Å². The molecule has 3 nitrogen and oxygen atoms in total. The maximum atomic E-state index is 9.14. The highest BCUT2D eigenvalue weighted by Gasteiger charge is 2.24. The second kappa shape index (κ2) is 6.21. The third kappa shape index (κ3) is 3.03. The van der Waals surface area contributed by atoms with Crippen LogP contribution in [0.25, 0.3) is 0 Å². The second-order valence-corrected chi connectivity index (χ2v) is 5.18. The largest absolute Gasteiger partial charge is 0.493 e. The second-order valence-electron chi connectivity index (χ2n) is 5.18. The summed E-state index contributed by atoms with van der Waals surface area (Å²) in [7, 11) is 0. The third-order valence-corrected chi connectivity index (χ3v) is 3.66. The van der Waals surface area contributed by atoms with Crippen molar-refractivity contribution in [1.82, 2.24) is 4.90 Å². The molecule has 18 heavy (non-hydrogen) atoms. The number of hydrogen-bond donors (Lipinski definition) is 1. The van der Waals surface area contributed by atoms with Crippen molar-refractivity contribution in [2.75, 3.05) is 26.3 Å². The lowest BCUT2D eigenvalue weighted by molar-refractivity contribution is 0.146. The minimum Gasteiger partial charge on any atom is -0.493 e. The molecule has 1 aromatic carbocycles. The first kappa shape index (κ1) is 13.4. The van der Waals surface area contributed by atoms with Crippen LogP contribution in [-0.2, 0) is 0 Å². The summed E-state index contributed by atoms with van der Waals surface area (Å²) < 4.78 is 5.69. The summed E-state index contributed by atoms with van der Waals surface area (Å²) in [5, 5.41) is 9.14. The van der Waals surface area contributed by atoms with E-state index < -0.39 is 0 Å². The summed E-state index contributed by atoms with van der Waals surface area (Å²) in [6.07, 6.45) is 1.06. The molecule has 0 radical (unpaired) electrons. The summed E-state index contributed by atoms with van der Waals surface area (Å²) in [4.78, 5) is 2.34. The molecule has 3 heteroatoms. The molecule has 1 heterocycles. The standard InChI is InChI=1S/C15H23NO2/c1-12(2)16(8-9-17)11-13-7-10-18-15-6-4-3-5-14(13)15/h3-6,12-13,17H,7-11H2,1-2H3. The van der Waals surface area contributed by atoms with Gasteiger partial charge in [-0.3, -0.25) is 4.90 Å². The molecule has 1 N–H and O–H groups in total. The van der Waals surface area contributed by atoms with Crippen LogP contribution in [0.5, 0.6) is 5.75 Å². The molecule has 100 valence electrons. The van der Waals surface area contributed by atoms with Gasteiger partial charge in [-0.05, 0) is 31.9 Å². The third-order valence-electron chi connectivity index (χ3n) is 3.66. The van der Waals surface area contributed by atoms with E-state index in [4.69, 9.17) is 9.84 Å². The lowest BCUT2D eigenvalue weighted by Crippen LogP contribution is -2.38. The molecule has 0 fully saturated rings. The van der Waals surface area contributed by atoms with Crippen molar-refractivity contribution in [3.63, 3.8) is 0 Å². The molecule has 1 atom stereocenters. The molecule has 0 amide bonds. The van der Waals surface area contributed by atoms with E-state index in [9.17, 15) is 0 Å². The summed E-state index contributed by atoms with van der Waals surface area (Å²) in [5.41, 5.74) is 1.31. The Morgan fingerprint density at radius 2 is 2.17 bits per heavy atom. The fraction of sp³-hybridized carbons (Fsp3) is 0.600. The van der Waals surface area contributed by atoms with Crippen molar-refractivity contribution in [3.05, 3.63) is 29.8 Å². The van der Waals surface area contributed by atoms with Gasteiger partial charge in [-0.25, -0.2) is 0 Å². The Bertz CT molecular complexity index is 379. The van der Waals surface area contributed by atoms with Crippen LogP contribution in [0, 0.1) is 0 Å². The van der Waals surface area contributed by atoms with Crippen LogP contribution in [0.2, 0.25) is 0 Å². The monoisotopic (exact) mass is 249 g/mol. The Morgan fingerprint density at radius 1 is 1.39 bits per heavy atom. The number of aliphatic hydroxyl groups is 1. The molecule has 0 bridgehead atoms. The molecule has 1 aliphatic rings. The zero-order valence-corrected chi connectivity index (χ0v) is 11.3. The van der Waals surface area contributed by atoms with Gasteiger partial charge in [0.25, 0.3) is 0 Å². The van der Waals surface area contributed by atoms with E-state index in [1.54, 1.807) is 0 Å². The van der Waals surface area contributed by atoms with Crippen molar-refractivity contribution in [2.24, 2.45) is 0 Å². The van der Waals surface area contributed by atoms with Crippen LogP contribution in [0.15, 0.2) is 24.3 Å². The van der Waals surface area contributed by atoms with Crippen LogP contribution in [0.1, 0.15) is 31.7 Å². The van der Waals surface area contributed by atoms with Gasteiger partial charge in [0, 0.05) is 25.0 Å². The van der Waals surface area contributed by atoms with Gasteiger partial charge in [-0.15, -0.1) is 0 Å². The number of para-hydroxylation sites is 1. The molecular weight excluding hydrogens is 226 g/mol. The smallest absolute Gasteiger partial charge is 0.122 e. The summed E-state index contributed by atoms with van der Waals surface area (Å²) in [5.74, 6) is 1.55. The molecule has 1 unspecified atom stereocenters. The van der Waals surface area contributed by atoms with Crippen LogP contribution in [0.3, 0.4) is 0 Å². The van der Waals surface area contributed by atoms with Crippen LogP contribution in [-0.4, -0.2) is 42.4 Å². The number of benzene rings is 1. The minimum atomic E-state index is 0.225. The quantitative estimate of drug-likeness (QED) is 0.869. The highest BCUT2D eigenvalue weighted by molar-refractivity contribution is 5.37. The van der Waals surface area contributed by atoms with Gasteiger partial charge >= 0.3 is 0 Å². The van der Waals surface area contributed by atoms with Crippen molar-refractivity contribution in [1.29, 1.82) is 0 Å². The predicted molar refractivity (Wildman–Crippen MR) is 73.1 cm³/mol. The SMILES string of the molecule is CC(C)N(CCO)CC1CCOc2ccccc21. The number of aliphatic hydroxyl groups excluding tert-OH is 1. The Kier molecular flexibility index (Phi) is 4.61. The molecule has 0 saturated heterocycles. The maximum absolute atomic E-state index is 9.14. The number of ether oxygens (including phenoxy) is 1. The fourth-order valence-electron chi connectivity index (χ4n) is 2.58. The van der Waals surface area contributed by atoms with Crippen molar-refractivity contribution in [2.45, 2.75) is 32.2 Å². The first-order valence-electron chi connectivity index (χ1n) is 6.79. The highest BCUT2D eigenvalue weighted by atomic mass is 16.5. The van der Waals surface area contributed by atoms with E-state index >= 15 is 0 Å². The van der Waals surface area contributed by atoms with Crippen molar-refractivity contribution in [3.8, 4) is 5.75 Å². The summed E-state index contributed by atoms with van der Waals surface area (Å²) in [6, 6.07) is 8.78. The van der Waals surface area contributed by atoms with Gasteiger partial charge in [0.1, 0.15) is 5.75 Å². The molecule has 0 spiro atoms. The van der Waals surface area contributed by atoms with Gasteiger partial charge in [-0.1, -0.05) is 18.2 Å². The van der Waals surface area contributed by atoms with Gasteiger partial charge in [-0.2, -0.15) is 0 Å². The topological polar surface area (TPSA) is 32.7 Å². The van der Waals surface area contributed by atoms with E-state index in [-0.39, 0.29) is 6.61 Å². The fourth-order valence-corrected chi connectivity index (χ4v) is 2.58. The zero-order valence-electron chi connectivity index (χ0n) is 11.3. The molecule has 0 aliphatic carbocycles. The Hall–Kier alpha value is -1.06. The minimum absolute atomic E-state index is 0.225. The molecular formula is C15H23NO2. The Labute approximate surface area is 109 Å². The summed E-state index contributed by atoms with van der Waals surface area (Å²) in [6.45, 7) is 7.13. The number of nitrogens with zero attached hydrogens (tertiary/aromatic N) is 1. The average molecular weight is 249 g/mol. The highest BCUT2D eigenvalue weighted by Crippen LogP contribution is 2.34. The van der Waals surface area contributed by atoms with Gasteiger partial charge in [0.05, 0.1) is 13.2 Å². The first-order valence-corrected chi connectivity index (χ1v) is 6.79. The maximum Gasteiger partial charge on any atom is 0.122 e. The van der Waals surface area contributed by atoms with Crippen molar-refractivity contribution < 1.29 is 9.84 Å². The molecule has 0 saturated carbocycles. The van der Waals surface area contributed by atoms with Crippen LogP contribution in [0.4, 0.5) is 0 Å². The first-order chi connectivity index (χ1) is 8.72. The van der Waals surface area contributed by atoms with E-state index in [0.717, 1.165) is 31.9 Å². The normalized spacial score (nSPS) is 18.8. The summed E-state index contributed by atoms with van der Waals surface area (Å²) >= 11 is 0. The molecule has 0 aromatic heterocycles. The van der Waals surface area contributed by atoms with Gasteiger partial charge in [0.2, 0.25) is 0 Å². The molecule has 2 rings (SSSR count). The van der Waals surface area contributed by atoms with E-state index in [1.165, 1.54) is 5.56 Å². The number of rotatable bonds is 5. The van der Waals surface area contributed by atoms with E-state index in [1.807, 2.05) is 12.1 Å². The Morgan fingerprint density at radius 3 is 2.89 bits per heavy atom. The number of hydrogen-bond acceptors (Lipinski definition) is 3. The molecule has 1 aliphatic heterocycles. The predicted octanol–water partition coefficient (Wildman–Crippen LogP) is 2.26. The van der Waals surface area contributed by atoms with Crippen molar-refractivity contribution >= 4 is 0 Å². The van der Waals surface area contributed by atoms with Gasteiger partial charge in [0.15, 0.2) is 0 Å². The van der Waals surface area contributed by atoms with E-state index in [0.29, 0.717) is 12.0 Å². The average Bonchev–Trinajstić information content (AvgIpc) is 2.38. The lowest BCUT2D eigenvalue weighted by Gasteiger charge is -2.33. The number of fused-ring (bicyclic) bond motifs is 1. The lowest BCUT2D eigenvalue weighted by atomic mass is 9.92. The van der Waals surface area contributed by atoms with Gasteiger partial charge < -0.3 is 9.84 Å².